The summed E-state index contributed by atoms with van der Waals surface area (Å²) in [6.07, 6.45) is -0.647. The van der Waals surface area contributed by atoms with Crippen molar-refractivity contribution in [3.8, 4) is 0 Å². The van der Waals surface area contributed by atoms with Gasteiger partial charge in [-0.3, -0.25) is 5.32 Å². The van der Waals surface area contributed by atoms with Gasteiger partial charge in [-0.05, 0) is 24.1 Å². The van der Waals surface area contributed by atoms with Crippen molar-refractivity contribution in [1.82, 2.24) is 0 Å². The highest BCUT2D eigenvalue weighted by atomic mass is 19.1. The van der Waals surface area contributed by atoms with Crippen LogP contribution in [0.25, 0.3) is 0 Å². The molecule has 0 unspecified atom stereocenters. The number of amidine groups is 1. The lowest BCUT2D eigenvalue weighted by molar-refractivity contribution is 0.147. The van der Waals surface area contributed by atoms with Gasteiger partial charge >= 0.3 is 6.09 Å². The van der Waals surface area contributed by atoms with E-state index in [1.165, 1.54) is 12.1 Å². The molecule has 0 aliphatic carbocycles. The van der Waals surface area contributed by atoms with Crippen LogP contribution in [0, 0.1) is 11.7 Å². The van der Waals surface area contributed by atoms with Crippen molar-refractivity contribution < 1.29 is 19.1 Å². The van der Waals surface area contributed by atoms with E-state index in [1.807, 2.05) is 13.8 Å². The maximum atomic E-state index is 13.4. The van der Waals surface area contributed by atoms with E-state index >= 15 is 0 Å². The summed E-state index contributed by atoms with van der Waals surface area (Å²) in [4.78, 5) is 11.4. The van der Waals surface area contributed by atoms with Gasteiger partial charge in [-0.25, -0.2) is 9.18 Å². The van der Waals surface area contributed by atoms with Crippen LogP contribution in [0.5, 0.6) is 0 Å². The summed E-state index contributed by atoms with van der Waals surface area (Å²) >= 11 is 0. The largest absolute Gasteiger partial charge is 0.449 e. The molecular weight excluding hydrogens is 253 g/mol. The topological polar surface area (TPSA) is 96.9 Å². The number of nitrogens with one attached hydrogen (secondary N) is 1. The van der Waals surface area contributed by atoms with Gasteiger partial charge in [0.1, 0.15) is 5.82 Å². The van der Waals surface area contributed by atoms with Gasteiger partial charge in [0.25, 0.3) is 0 Å². The molecule has 0 bridgehead atoms. The maximum Gasteiger partial charge on any atom is 0.411 e. The first-order valence-electron chi connectivity index (χ1n) is 5.65. The summed E-state index contributed by atoms with van der Waals surface area (Å²) in [6.45, 7) is 4.09. The molecule has 7 heteroatoms. The maximum absolute atomic E-state index is 13.4. The minimum atomic E-state index is -0.656. The lowest BCUT2D eigenvalue weighted by Gasteiger charge is -2.10. The molecule has 0 spiro atoms. The Kier molecular flexibility index (Phi) is 5.11. The minimum absolute atomic E-state index is 0.107. The summed E-state index contributed by atoms with van der Waals surface area (Å²) in [5.41, 5.74) is 5.49. The van der Waals surface area contributed by atoms with E-state index in [4.69, 9.17) is 15.7 Å². The van der Waals surface area contributed by atoms with E-state index in [9.17, 15) is 9.18 Å². The molecule has 1 rings (SSSR count). The van der Waals surface area contributed by atoms with Gasteiger partial charge in [0, 0.05) is 5.69 Å². The van der Waals surface area contributed by atoms with E-state index in [1.54, 1.807) is 0 Å². The average molecular weight is 269 g/mol. The first-order valence-corrected chi connectivity index (χ1v) is 5.65. The number of hydrogen-bond donors (Lipinski definition) is 3. The van der Waals surface area contributed by atoms with E-state index < -0.39 is 11.9 Å². The number of halogens is 1. The van der Waals surface area contributed by atoms with Crippen LogP contribution in [-0.4, -0.2) is 23.7 Å². The number of anilines is 1. The second-order valence-corrected chi connectivity index (χ2v) is 4.30. The Labute approximate surface area is 110 Å². The normalized spacial score (nSPS) is 11.5. The van der Waals surface area contributed by atoms with Crippen molar-refractivity contribution in [1.29, 1.82) is 0 Å². The molecule has 1 aromatic carbocycles. The van der Waals surface area contributed by atoms with Gasteiger partial charge < -0.3 is 15.7 Å². The van der Waals surface area contributed by atoms with Crippen LogP contribution in [0.2, 0.25) is 0 Å². The van der Waals surface area contributed by atoms with Crippen molar-refractivity contribution in [3.63, 3.8) is 0 Å². The Balaban J connectivity index is 2.77. The zero-order valence-electron chi connectivity index (χ0n) is 10.7. The van der Waals surface area contributed by atoms with E-state index in [-0.39, 0.29) is 29.6 Å². The smallest absolute Gasteiger partial charge is 0.411 e. The molecule has 0 saturated carbocycles. The highest BCUT2D eigenvalue weighted by Crippen LogP contribution is 2.15. The zero-order chi connectivity index (χ0) is 14.4. The Morgan fingerprint density at radius 1 is 1.58 bits per heavy atom. The van der Waals surface area contributed by atoms with Crippen LogP contribution in [-0.2, 0) is 4.74 Å². The van der Waals surface area contributed by atoms with Crippen molar-refractivity contribution in [2.75, 3.05) is 11.9 Å². The molecule has 1 aromatic rings. The van der Waals surface area contributed by atoms with Crippen molar-refractivity contribution >= 4 is 17.6 Å². The Bertz CT molecular complexity index is 489. The molecule has 0 aromatic heterocycles. The van der Waals surface area contributed by atoms with E-state index in [2.05, 4.69) is 10.5 Å². The predicted octanol–water partition coefficient (Wildman–Crippen LogP) is 2.12. The van der Waals surface area contributed by atoms with Crippen LogP contribution in [0.4, 0.5) is 14.9 Å². The monoisotopic (exact) mass is 269 g/mol. The fourth-order valence-corrected chi connectivity index (χ4v) is 1.25. The van der Waals surface area contributed by atoms with Gasteiger partial charge in [-0.2, -0.15) is 0 Å². The van der Waals surface area contributed by atoms with Gasteiger partial charge in [-0.15, -0.1) is 0 Å². The first kappa shape index (κ1) is 14.7. The Morgan fingerprint density at radius 3 is 2.84 bits per heavy atom. The first-order chi connectivity index (χ1) is 8.93. The fraction of sp³-hybridized carbons (Fsp3) is 0.333. The third kappa shape index (κ3) is 4.46. The van der Waals surface area contributed by atoms with Crippen LogP contribution in [0.15, 0.2) is 23.4 Å². The molecule has 4 N–H and O–H groups in total. The number of amides is 1. The SMILES string of the molecule is CC(C)COC(=O)Nc1ccc(F)c(C(N)=NO)c1. The molecular formula is C12H16FN3O3. The molecule has 0 radical (unpaired) electrons. The highest BCUT2D eigenvalue weighted by Gasteiger charge is 2.10. The number of nitrogens with zero attached hydrogens (tertiary/aromatic N) is 1. The number of ether oxygens (including phenoxy) is 1. The number of carbonyl (C=O) groups is 1. The second-order valence-electron chi connectivity index (χ2n) is 4.30. The Morgan fingerprint density at radius 2 is 2.26 bits per heavy atom. The molecule has 0 fully saturated rings. The van der Waals surface area contributed by atoms with Gasteiger partial charge in [-0.1, -0.05) is 19.0 Å². The molecule has 0 heterocycles. The quantitative estimate of drug-likeness (QED) is 0.337. The Hall–Kier alpha value is -2.31. The fourth-order valence-electron chi connectivity index (χ4n) is 1.25. The summed E-state index contributed by atoms with van der Waals surface area (Å²) in [6, 6.07) is 3.70. The number of oxime groups is 1. The van der Waals surface area contributed by atoms with Crippen LogP contribution >= 0.6 is 0 Å². The van der Waals surface area contributed by atoms with Crippen molar-refractivity contribution in [2.24, 2.45) is 16.8 Å². The molecule has 104 valence electrons. The zero-order valence-corrected chi connectivity index (χ0v) is 10.7. The minimum Gasteiger partial charge on any atom is -0.449 e. The van der Waals surface area contributed by atoms with Crippen LogP contribution in [0.3, 0.4) is 0 Å². The molecule has 0 aliphatic heterocycles. The third-order valence-electron chi connectivity index (χ3n) is 2.14. The number of hydrogen-bond acceptors (Lipinski definition) is 4. The van der Waals surface area contributed by atoms with Gasteiger partial charge in [0.2, 0.25) is 0 Å². The molecule has 6 nitrogen and oxygen atoms in total. The standard InChI is InChI=1S/C12H16FN3O3/c1-7(2)6-19-12(17)15-8-3-4-10(13)9(5-8)11(14)16-18/h3-5,7,18H,6H2,1-2H3,(H2,14,16)(H,15,17). The van der Waals surface area contributed by atoms with Crippen molar-refractivity contribution in [2.45, 2.75) is 13.8 Å². The second kappa shape index (κ2) is 6.58. The summed E-state index contributed by atoms with van der Waals surface area (Å²) in [7, 11) is 0. The van der Waals surface area contributed by atoms with Gasteiger partial charge in [0.15, 0.2) is 5.84 Å². The predicted molar refractivity (Wildman–Crippen MR) is 68.7 cm³/mol. The third-order valence-corrected chi connectivity index (χ3v) is 2.14. The number of nitrogens with two attached hydrogens (primary N) is 1. The average Bonchev–Trinajstić information content (AvgIpc) is 2.37. The highest BCUT2D eigenvalue weighted by molar-refractivity contribution is 5.98. The lowest BCUT2D eigenvalue weighted by atomic mass is 10.1. The molecule has 0 saturated heterocycles. The molecule has 19 heavy (non-hydrogen) atoms. The number of benzene rings is 1. The summed E-state index contributed by atoms with van der Waals surface area (Å²) in [5, 5.41) is 13.6. The lowest BCUT2D eigenvalue weighted by Crippen LogP contribution is -2.18. The van der Waals surface area contributed by atoms with Crippen molar-refractivity contribution in [3.05, 3.63) is 29.6 Å². The number of carbonyl (C=O) groups excluding carboxylic acids is 1. The van der Waals surface area contributed by atoms with Crippen LogP contribution < -0.4 is 11.1 Å². The molecule has 0 aliphatic rings. The number of rotatable bonds is 4. The molecule has 0 atom stereocenters. The van der Waals surface area contributed by atoms with Crippen LogP contribution in [0.1, 0.15) is 19.4 Å². The molecule has 1 amide bonds. The summed E-state index contributed by atoms with van der Waals surface area (Å²) in [5.74, 6) is -0.820. The summed E-state index contributed by atoms with van der Waals surface area (Å²) < 4.78 is 18.3. The van der Waals surface area contributed by atoms with E-state index in [0.29, 0.717) is 0 Å². The van der Waals surface area contributed by atoms with E-state index in [0.717, 1.165) is 6.07 Å². The van der Waals surface area contributed by atoms with Gasteiger partial charge in [0.05, 0.1) is 12.2 Å².